The van der Waals surface area contributed by atoms with Crippen LogP contribution in [0.5, 0.6) is 23.0 Å². The second-order valence-corrected chi connectivity index (χ2v) is 5.23. The van der Waals surface area contributed by atoms with E-state index in [1.54, 1.807) is 38.3 Å². The zero-order valence-electron chi connectivity index (χ0n) is 13.1. The SMILES string of the molecule is COc1ccc(NC(=S)N/N=C(/C)c2ccc(O)c(O)c2O)cc1. The third-order valence-corrected chi connectivity index (χ3v) is 3.39. The van der Waals surface area contributed by atoms with Crippen LogP contribution in [0, 0.1) is 0 Å². The summed E-state index contributed by atoms with van der Waals surface area (Å²) in [5.74, 6) is -0.724. The van der Waals surface area contributed by atoms with Gasteiger partial charge in [0, 0.05) is 11.3 Å². The van der Waals surface area contributed by atoms with Crippen molar-refractivity contribution >= 4 is 28.7 Å². The van der Waals surface area contributed by atoms with Crippen LogP contribution in [0.25, 0.3) is 0 Å². The highest BCUT2D eigenvalue weighted by molar-refractivity contribution is 7.80. The molecule has 0 amide bonds. The van der Waals surface area contributed by atoms with E-state index in [-0.39, 0.29) is 10.7 Å². The van der Waals surface area contributed by atoms with Gasteiger partial charge in [-0.05, 0) is 55.5 Å². The minimum atomic E-state index is -0.596. The molecule has 0 radical (unpaired) electrons. The molecule has 7 nitrogen and oxygen atoms in total. The number of hydrazone groups is 1. The number of hydrogen-bond donors (Lipinski definition) is 5. The molecule has 5 N–H and O–H groups in total. The molecule has 0 saturated heterocycles. The minimum Gasteiger partial charge on any atom is -0.504 e. The van der Waals surface area contributed by atoms with Crippen molar-refractivity contribution in [1.82, 2.24) is 5.43 Å². The first-order valence-electron chi connectivity index (χ1n) is 6.92. The first kappa shape index (κ1) is 17.4. The first-order valence-corrected chi connectivity index (χ1v) is 7.32. The molecule has 2 rings (SSSR count). The van der Waals surface area contributed by atoms with Crippen molar-refractivity contribution in [3.05, 3.63) is 42.0 Å². The average Bonchev–Trinajstić information content (AvgIpc) is 2.58. The number of nitrogens with zero attached hydrogens (tertiary/aromatic N) is 1. The van der Waals surface area contributed by atoms with Gasteiger partial charge in [0.15, 0.2) is 16.6 Å². The Morgan fingerprint density at radius 1 is 1.04 bits per heavy atom. The molecular formula is C16H17N3O4S. The highest BCUT2D eigenvalue weighted by Gasteiger charge is 2.13. The number of phenolic OH excluding ortho intramolecular Hbond substituents is 3. The maximum absolute atomic E-state index is 9.82. The van der Waals surface area contributed by atoms with E-state index in [4.69, 9.17) is 17.0 Å². The molecule has 0 aliphatic carbocycles. The Morgan fingerprint density at radius 3 is 2.33 bits per heavy atom. The lowest BCUT2D eigenvalue weighted by atomic mass is 10.1. The van der Waals surface area contributed by atoms with Gasteiger partial charge in [-0.1, -0.05) is 0 Å². The number of thiocarbonyl (C=S) groups is 1. The fourth-order valence-corrected chi connectivity index (χ4v) is 2.05. The Labute approximate surface area is 144 Å². The molecule has 0 spiro atoms. The zero-order chi connectivity index (χ0) is 17.7. The van der Waals surface area contributed by atoms with Crippen LogP contribution < -0.4 is 15.5 Å². The predicted molar refractivity (Wildman–Crippen MR) is 96.0 cm³/mol. The number of anilines is 1. The fraction of sp³-hybridized carbons (Fsp3) is 0.125. The van der Waals surface area contributed by atoms with Crippen molar-refractivity contribution in [1.29, 1.82) is 0 Å². The lowest BCUT2D eigenvalue weighted by molar-refractivity contribution is 0.367. The molecule has 126 valence electrons. The Balaban J connectivity index is 2.03. The highest BCUT2D eigenvalue weighted by atomic mass is 32.1. The summed E-state index contributed by atoms with van der Waals surface area (Å²) in [5.41, 5.74) is 4.04. The Bertz CT molecular complexity index is 776. The lowest BCUT2D eigenvalue weighted by Crippen LogP contribution is -2.24. The Kier molecular flexibility index (Phi) is 5.43. The summed E-state index contributed by atoms with van der Waals surface area (Å²) in [5, 5.41) is 35.9. The van der Waals surface area contributed by atoms with Crippen molar-refractivity contribution in [2.24, 2.45) is 5.10 Å². The van der Waals surface area contributed by atoms with Crippen molar-refractivity contribution < 1.29 is 20.1 Å². The normalized spacial score (nSPS) is 11.0. The van der Waals surface area contributed by atoms with E-state index < -0.39 is 17.2 Å². The summed E-state index contributed by atoms with van der Waals surface area (Å²) in [6.07, 6.45) is 0. The van der Waals surface area contributed by atoms with E-state index in [0.29, 0.717) is 5.71 Å². The molecule has 0 heterocycles. The quantitative estimate of drug-likeness (QED) is 0.250. The van der Waals surface area contributed by atoms with E-state index in [9.17, 15) is 15.3 Å². The smallest absolute Gasteiger partial charge is 0.200 e. The van der Waals surface area contributed by atoms with E-state index in [1.807, 2.05) is 0 Å². The Hall–Kier alpha value is -3.00. The summed E-state index contributed by atoms with van der Waals surface area (Å²) >= 11 is 5.13. The molecule has 0 bridgehead atoms. The van der Waals surface area contributed by atoms with Crippen LogP contribution in [-0.4, -0.2) is 33.3 Å². The molecule has 2 aromatic carbocycles. The number of phenols is 3. The fourth-order valence-electron chi connectivity index (χ4n) is 1.89. The maximum Gasteiger partial charge on any atom is 0.200 e. The van der Waals surface area contributed by atoms with Gasteiger partial charge >= 0.3 is 0 Å². The van der Waals surface area contributed by atoms with Gasteiger partial charge in [0.05, 0.1) is 12.8 Å². The zero-order valence-corrected chi connectivity index (χ0v) is 13.9. The molecule has 2 aromatic rings. The predicted octanol–water partition coefficient (Wildman–Crippen LogP) is 2.52. The number of nitrogens with one attached hydrogen (secondary N) is 2. The van der Waals surface area contributed by atoms with E-state index in [1.165, 1.54) is 12.1 Å². The minimum absolute atomic E-state index is 0.252. The van der Waals surface area contributed by atoms with Gasteiger partial charge in [-0.25, -0.2) is 0 Å². The molecule has 8 heteroatoms. The van der Waals surface area contributed by atoms with Gasteiger partial charge in [-0.3, -0.25) is 5.43 Å². The molecule has 0 saturated carbocycles. The van der Waals surface area contributed by atoms with Gasteiger partial charge in [0.1, 0.15) is 5.75 Å². The van der Waals surface area contributed by atoms with Crippen LogP contribution >= 0.6 is 12.2 Å². The number of ether oxygens (including phenoxy) is 1. The largest absolute Gasteiger partial charge is 0.504 e. The van der Waals surface area contributed by atoms with Crippen molar-refractivity contribution in [3.8, 4) is 23.0 Å². The van der Waals surface area contributed by atoms with E-state index in [2.05, 4.69) is 15.8 Å². The van der Waals surface area contributed by atoms with Crippen LogP contribution in [0.3, 0.4) is 0 Å². The summed E-state index contributed by atoms with van der Waals surface area (Å²) in [7, 11) is 1.59. The molecule has 24 heavy (non-hydrogen) atoms. The summed E-state index contributed by atoms with van der Waals surface area (Å²) in [6.45, 7) is 1.62. The first-order chi connectivity index (χ1) is 11.4. The third-order valence-electron chi connectivity index (χ3n) is 3.19. The number of benzene rings is 2. The average molecular weight is 347 g/mol. The van der Waals surface area contributed by atoms with Crippen molar-refractivity contribution in [3.63, 3.8) is 0 Å². The van der Waals surface area contributed by atoms with Gasteiger partial charge in [0.25, 0.3) is 0 Å². The molecule has 0 aromatic heterocycles. The second kappa shape index (κ2) is 7.51. The lowest BCUT2D eigenvalue weighted by Gasteiger charge is -2.10. The van der Waals surface area contributed by atoms with Crippen LogP contribution in [-0.2, 0) is 0 Å². The summed E-state index contributed by atoms with van der Waals surface area (Å²) in [6, 6.07) is 9.87. The summed E-state index contributed by atoms with van der Waals surface area (Å²) < 4.78 is 5.07. The van der Waals surface area contributed by atoms with Crippen LogP contribution in [0.2, 0.25) is 0 Å². The standard InChI is InChI=1S/C16H17N3O4S/c1-9(12-7-8-13(20)15(22)14(12)21)18-19-16(24)17-10-3-5-11(23-2)6-4-10/h3-8,20-22H,1-2H3,(H2,17,19,24)/b18-9-. The van der Waals surface area contributed by atoms with Crippen LogP contribution in [0.1, 0.15) is 12.5 Å². The molecule has 0 atom stereocenters. The van der Waals surface area contributed by atoms with E-state index in [0.717, 1.165) is 11.4 Å². The monoisotopic (exact) mass is 347 g/mol. The van der Waals surface area contributed by atoms with Crippen molar-refractivity contribution in [2.75, 3.05) is 12.4 Å². The van der Waals surface area contributed by atoms with Gasteiger partial charge in [0.2, 0.25) is 5.75 Å². The Morgan fingerprint density at radius 2 is 1.71 bits per heavy atom. The van der Waals surface area contributed by atoms with Gasteiger partial charge in [-0.2, -0.15) is 5.10 Å². The highest BCUT2D eigenvalue weighted by Crippen LogP contribution is 2.37. The van der Waals surface area contributed by atoms with Gasteiger partial charge < -0.3 is 25.4 Å². The number of rotatable bonds is 4. The molecule has 0 fully saturated rings. The number of aromatic hydroxyl groups is 3. The second-order valence-electron chi connectivity index (χ2n) is 4.82. The van der Waals surface area contributed by atoms with E-state index >= 15 is 0 Å². The topological polar surface area (TPSA) is 106 Å². The number of methoxy groups -OCH3 is 1. The molecule has 0 unspecified atom stereocenters. The molecule has 0 aliphatic heterocycles. The molecular weight excluding hydrogens is 330 g/mol. The maximum atomic E-state index is 9.82. The summed E-state index contributed by atoms with van der Waals surface area (Å²) in [4.78, 5) is 0. The molecule has 0 aliphatic rings. The number of hydrogen-bond acceptors (Lipinski definition) is 6. The van der Waals surface area contributed by atoms with Gasteiger partial charge in [-0.15, -0.1) is 0 Å². The van der Waals surface area contributed by atoms with Crippen LogP contribution in [0.4, 0.5) is 5.69 Å². The third kappa shape index (κ3) is 4.05. The van der Waals surface area contributed by atoms with Crippen LogP contribution in [0.15, 0.2) is 41.5 Å². The van der Waals surface area contributed by atoms with Crippen molar-refractivity contribution in [2.45, 2.75) is 6.92 Å².